The first-order chi connectivity index (χ1) is 23.6. The summed E-state index contributed by atoms with van der Waals surface area (Å²) in [6.07, 6.45) is 0.924. The molecule has 3 aromatic rings. The molecule has 50 heavy (non-hydrogen) atoms. The maximum absolute atomic E-state index is 15.2. The summed E-state index contributed by atoms with van der Waals surface area (Å²) in [6, 6.07) is 10.2. The van der Waals surface area contributed by atoms with Crippen LogP contribution in [0.3, 0.4) is 0 Å². The monoisotopic (exact) mass is 798 g/mol. The highest BCUT2D eigenvalue weighted by molar-refractivity contribution is 9.10. The number of hydrogen-bond acceptors (Lipinski definition) is 6. The summed E-state index contributed by atoms with van der Waals surface area (Å²) in [4.78, 5) is 52.0. The maximum atomic E-state index is 15.2. The lowest BCUT2D eigenvalue weighted by atomic mass is 9.56. The number of phenolic OH excluding ortho intramolecular Hbond substituents is 1. The van der Waals surface area contributed by atoms with Crippen LogP contribution >= 0.6 is 39.1 Å². The quantitative estimate of drug-likeness (QED) is 0.0744. The van der Waals surface area contributed by atoms with E-state index in [1.165, 1.54) is 18.2 Å². The minimum absolute atomic E-state index is 0.0211. The zero-order valence-electron chi connectivity index (χ0n) is 25.5. The third-order valence-corrected chi connectivity index (χ3v) is 11.9. The van der Waals surface area contributed by atoms with Gasteiger partial charge in [0, 0.05) is 10.4 Å². The van der Waals surface area contributed by atoms with E-state index in [-0.39, 0.29) is 46.3 Å². The van der Waals surface area contributed by atoms with E-state index in [4.69, 9.17) is 27.9 Å². The number of rotatable bonds is 5. The van der Waals surface area contributed by atoms with E-state index in [9.17, 15) is 37.5 Å². The highest BCUT2D eigenvalue weighted by Crippen LogP contribution is 2.66. The molecule has 2 saturated heterocycles. The molecule has 16 heteroatoms. The van der Waals surface area contributed by atoms with Gasteiger partial charge in [-0.3, -0.25) is 24.1 Å². The number of amides is 4. The molecule has 6 atom stereocenters. The molecule has 0 bridgehead atoms. The molecular weight excluding hydrogens is 778 g/mol. The number of aromatic hydroxyl groups is 1. The Morgan fingerprint density at radius 2 is 1.48 bits per heavy atom. The second-order valence-electron chi connectivity index (χ2n) is 12.3. The Kier molecular flexibility index (Phi) is 8.11. The van der Waals surface area contributed by atoms with Gasteiger partial charge in [-0.25, -0.2) is 26.9 Å². The normalized spacial score (nSPS) is 28.9. The lowest BCUT2D eigenvalue weighted by molar-refractivity contribution is -0.125. The van der Waals surface area contributed by atoms with Crippen LogP contribution in [0.25, 0.3) is 0 Å². The molecule has 3 fully saturated rings. The SMILES string of the molecule is CCOc1cc(C2C3=CCC4C(=O)N(c5ccc(Br)cc5)C(=O)C4C3CC3(Cl)C(=O)N(c4c(F)c(F)c(F)c(F)c4F)C(=O)C23Cl)ccc1O. The van der Waals surface area contributed by atoms with Gasteiger partial charge in [0.1, 0.15) is 5.69 Å². The second-order valence-corrected chi connectivity index (χ2v) is 14.5. The highest BCUT2D eigenvalue weighted by atomic mass is 79.9. The fourth-order valence-corrected chi connectivity index (χ4v) is 8.97. The van der Waals surface area contributed by atoms with Gasteiger partial charge in [-0.1, -0.05) is 33.6 Å². The standard InChI is InChI=1S/C34H22BrCl2F5N2O6/c1-2-50-20-11-13(3-10-19(20)45)22-16-8-9-17-21(30(47)43(29(17)46)15-6-4-14(35)5-7-15)18(16)12-33(36)31(48)44(32(49)34(22,33)37)28-26(41)24(39)23(38)25(40)27(28)42/h3-8,10-11,17-18,21-22,45H,2,9,12H2,1H3. The average Bonchev–Trinajstić information content (AvgIpc) is 3.42. The Morgan fingerprint density at radius 3 is 2.10 bits per heavy atom. The summed E-state index contributed by atoms with van der Waals surface area (Å²) in [5.74, 6) is -21.8. The van der Waals surface area contributed by atoms with Crippen molar-refractivity contribution in [1.82, 2.24) is 0 Å². The van der Waals surface area contributed by atoms with Crippen molar-refractivity contribution < 1.29 is 51.0 Å². The van der Waals surface area contributed by atoms with E-state index in [2.05, 4.69) is 15.9 Å². The number of allylic oxidation sites excluding steroid dienone is 2. The Morgan fingerprint density at radius 1 is 0.860 bits per heavy atom. The molecule has 4 aliphatic rings. The van der Waals surface area contributed by atoms with E-state index in [0.717, 1.165) is 4.90 Å². The number of fused-ring (bicyclic) bond motifs is 4. The average molecular weight is 800 g/mol. The number of hydrogen-bond donors (Lipinski definition) is 1. The Balaban J connectivity index is 1.44. The third-order valence-electron chi connectivity index (χ3n) is 9.92. The zero-order valence-corrected chi connectivity index (χ0v) is 28.6. The molecule has 2 heterocycles. The number of nitrogens with zero attached hydrogens (tertiary/aromatic N) is 2. The van der Waals surface area contributed by atoms with E-state index in [1.54, 1.807) is 37.3 Å². The largest absolute Gasteiger partial charge is 0.504 e. The topological polar surface area (TPSA) is 104 Å². The van der Waals surface area contributed by atoms with Gasteiger partial charge in [-0.05, 0) is 67.6 Å². The fourth-order valence-electron chi connectivity index (χ4n) is 7.77. The van der Waals surface area contributed by atoms with Crippen molar-refractivity contribution in [2.45, 2.75) is 35.4 Å². The van der Waals surface area contributed by atoms with Gasteiger partial charge in [-0.2, -0.15) is 0 Å². The molecule has 0 aromatic heterocycles. The molecule has 1 N–H and O–H groups in total. The van der Waals surface area contributed by atoms with Crippen LogP contribution in [0.2, 0.25) is 0 Å². The number of ether oxygens (including phenoxy) is 1. The first-order valence-corrected chi connectivity index (χ1v) is 16.7. The van der Waals surface area contributed by atoms with Crippen LogP contribution in [0, 0.1) is 46.8 Å². The lowest BCUT2D eigenvalue weighted by Crippen LogP contribution is -2.60. The summed E-state index contributed by atoms with van der Waals surface area (Å²) >= 11 is 17.6. The number of phenols is 1. The van der Waals surface area contributed by atoms with Crippen molar-refractivity contribution in [3.8, 4) is 11.5 Å². The third kappa shape index (κ3) is 4.46. The van der Waals surface area contributed by atoms with Crippen LogP contribution < -0.4 is 14.5 Å². The highest BCUT2D eigenvalue weighted by Gasteiger charge is 2.77. The van der Waals surface area contributed by atoms with Crippen molar-refractivity contribution in [2.75, 3.05) is 16.4 Å². The fraction of sp³-hybridized carbons (Fsp3) is 0.294. The van der Waals surface area contributed by atoms with Crippen LogP contribution in [0.4, 0.5) is 33.3 Å². The molecule has 0 radical (unpaired) electrons. The number of alkyl halides is 2. The van der Waals surface area contributed by atoms with Gasteiger partial charge in [0.2, 0.25) is 17.6 Å². The molecule has 8 nitrogen and oxygen atoms in total. The van der Waals surface area contributed by atoms with Gasteiger partial charge in [-0.15, -0.1) is 23.2 Å². The maximum Gasteiger partial charge on any atom is 0.258 e. The summed E-state index contributed by atoms with van der Waals surface area (Å²) in [7, 11) is 0. The van der Waals surface area contributed by atoms with E-state index >= 15 is 8.78 Å². The van der Waals surface area contributed by atoms with Gasteiger partial charge >= 0.3 is 0 Å². The second kappa shape index (κ2) is 11.8. The summed E-state index contributed by atoms with van der Waals surface area (Å²) in [5, 5.41) is 10.5. The van der Waals surface area contributed by atoms with E-state index in [0.29, 0.717) is 4.47 Å². The molecule has 260 valence electrons. The van der Waals surface area contributed by atoms with Crippen LogP contribution in [-0.4, -0.2) is 45.1 Å². The number of imide groups is 2. The number of halogens is 8. The lowest BCUT2D eigenvalue weighted by Gasteiger charge is -2.50. The smallest absolute Gasteiger partial charge is 0.258 e. The van der Waals surface area contributed by atoms with Crippen molar-refractivity contribution in [3.63, 3.8) is 0 Å². The van der Waals surface area contributed by atoms with Crippen LogP contribution in [0.1, 0.15) is 31.2 Å². The first-order valence-electron chi connectivity index (χ1n) is 15.2. The Labute approximate surface area is 298 Å². The summed E-state index contributed by atoms with van der Waals surface area (Å²) in [6.45, 7) is 1.70. The van der Waals surface area contributed by atoms with Crippen molar-refractivity contribution in [1.29, 1.82) is 0 Å². The number of anilines is 2. The molecule has 2 aliphatic carbocycles. The van der Waals surface area contributed by atoms with Gasteiger partial charge in [0.15, 0.2) is 44.5 Å². The summed E-state index contributed by atoms with van der Waals surface area (Å²) < 4.78 is 79.6. The Bertz CT molecular complexity index is 2060. The summed E-state index contributed by atoms with van der Waals surface area (Å²) in [5.41, 5.74) is -1.23. The van der Waals surface area contributed by atoms with Crippen LogP contribution in [0.5, 0.6) is 11.5 Å². The van der Waals surface area contributed by atoms with Gasteiger partial charge in [0.05, 0.1) is 24.1 Å². The first kappa shape index (κ1) is 34.4. The number of carbonyl (C=O) groups is 4. The van der Waals surface area contributed by atoms with E-state index < -0.39 is 98.2 Å². The van der Waals surface area contributed by atoms with Crippen molar-refractivity contribution in [3.05, 3.63) is 93.2 Å². The van der Waals surface area contributed by atoms with Crippen LogP contribution in [0.15, 0.2) is 58.6 Å². The minimum Gasteiger partial charge on any atom is -0.504 e. The number of carbonyl (C=O) groups excluding carboxylic acids is 4. The predicted octanol–water partition coefficient (Wildman–Crippen LogP) is 7.02. The molecule has 0 spiro atoms. The van der Waals surface area contributed by atoms with Gasteiger partial charge in [0.25, 0.3) is 11.8 Å². The van der Waals surface area contributed by atoms with Crippen molar-refractivity contribution >= 4 is 74.1 Å². The van der Waals surface area contributed by atoms with Crippen molar-refractivity contribution in [2.24, 2.45) is 17.8 Å². The predicted molar refractivity (Wildman–Crippen MR) is 172 cm³/mol. The minimum atomic E-state index is -2.70. The molecular formula is C34H22BrCl2F5N2O6. The van der Waals surface area contributed by atoms with Crippen LogP contribution in [-0.2, 0) is 19.2 Å². The molecule has 7 rings (SSSR count). The Hall–Kier alpha value is -4.01. The molecule has 4 amide bonds. The molecule has 3 aromatic carbocycles. The molecule has 2 aliphatic heterocycles. The molecule has 1 saturated carbocycles. The van der Waals surface area contributed by atoms with E-state index in [1.807, 2.05) is 0 Å². The molecule has 6 unspecified atom stereocenters. The number of benzene rings is 3. The van der Waals surface area contributed by atoms with Gasteiger partial charge < -0.3 is 9.84 Å². The zero-order chi connectivity index (χ0) is 36.2.